The lowest BCUT2D eigenvalue weighted by Gasteiger charge is -2.27. The smallest absolute Gasteiger partial charge is 0.126 e. The number of fused-ring (bicyclic) bond motifs is 1. The molecule has 1 N–H and O–H groups in total. The molecule has 2 aromatic rings. The van der Waals surface area contributed by atoms with Crippen LogP contribution in [0.15, 0.2) is 48.5 Å². The van der Waals surface area contributed by atoms with E-state index in [4.69, 9.17) is 4.74 Å². The maximum atomic E-state index is 13.6. The quantitative estimate of drug-likeness (QED) is 0.933. The molecule has 110 valence electrons. The number of rotatable bonds is 4. The van der Waals surface area contributed by atoms with Gasteiger partial charge >= 0.3 is 0 Å². The van der Waals surface area contributed by atoms with Crippen molar-refractivity contribution in [1.82, 2.24) is 0 Å². The van der Waals surface area contributed by atoms with Gasteiger partial charge in [-0.3, -0.25) is 0 Å². The highest BCUT2D eigenvalue weighted by atomic mass is 19.1. The molecule has 0 saturated carbocycles. The molecule has 2 atom stereocenters. The second-order valence-corrected chi connectivity index (χ2v) is 5.49. The van der Waals surface area contributed by atoms with Crippen LogP contribution in [-0.4, -0.2) is 17.8 Å². The van der Waals surface area contributed by atoms with Crippen molar-refractivity contribution >= 4 is 0 Å². The van der Waals surface area contributed by atoms with E-state index in [1.165, 1.54) is 11.6 Å². The second kappa shape index (κ2) is 6.37. The maximum Gasteiger partial charge on any atom is 0.126 e. The molecule has 0 amide bonds. The molecular formula is C18H19FO2. The highest BCUT2D eigenvalue weighted by Gasteiger charge is 2.23. The van der Waals surface area contributed by atoms with Crippen molar-refractivity contribution < 1.29 is 14.2 Å². The van der Waals surface area contributed by atoms with E-state index in [1.807, 2.05) is 12.1 Å². The Balaban J connectivity index is 1.69. The van der Waals surface area contributed by atoms with Crippen LogP contribution >= 0.6 is 0 Å². The molecule has 2 nitrogen and oxygen atoms in total. The van der Waals surface area contributed by atoms with E-state index < -0.39 is 6.10 Å². The fraction of sp³-hybridized carbons (Fsp3) is 0.333. The van der Waals surface area contributed by atoms with Gasteiger partial charge in [0.15, 0.2) is 0 Å². The van der Waals surface area contributed by atoms with Gasteiger partial charge in [-0.25, -0.2) is 4.39 Å². The number of aliphatic hydroxyl groups is 1. The fourth-order valence-corrected chi connectivity index (χ4v) is 2.92. The summed E-state index contributed by atoms with van der Waals surface area (Å²) in [4.78, 5) is 0. The monoisotopic (exact) mass is 286 g/mol. The lowest BCUT2D eigenvalue weighted by Crippen LogP contribution is -2.22. The Morgan fingerprint density at radius 1 is 1.14 bits per heavy atom. The fourth-order valence-electron chi connectivity index (χ4n) is 2.92. The third kappa shape index (κ3) is 3.31. The summed E-state index contributed by atoms with van der Waals surface area (Å²) >= 11 is 0. The summed E-state index contributed by atoms with van der Waals surface area (Å²) in [7, 11) is 0. The van der Waals surface area contributed by atoms with E-state index in [2.05, 4.69) is 12.1 Å². The Labute approximate surface area is 124 Å². The highest BCUT2D eigenvalue weighted by molar-refractivity contribution is 5.31. The van der Waals surface area contributed by atoms with Gasteiger partial charge in [0.05, 0.1) is 18.8 Å². The van der Waals surface area contributed by atoms with Crippen LogP contribution in [0.5, 0.6) is 0 Å². The summed E-state index contributed by atoms with van der Waals surface area (Å²) in [6.07, 6.45) is 1.01. The predicted molar refractivity (Wildman–Crippen MR) is 79.6 cm³/mol. The van der Waals surface area contributed by atoms with Crippen LogP contribution in [0, 0.1) is 5.82 Å². The van der Waals surface area contributed by atoms with Crippen LogP contribution in [0.1, 0.15) is 29.2 Å². The van der Waals surface area contributed by atoms with Crippen molar-refractivity contribution in [1.29, 1.82) is 0 Å². The van der Waals surface area contributed by atoms with Gasteiger partial charge in [0, 0.05) is 12.8 Å². The van der Waals surface area contributed by atoms with E-state index >= 15 is 0 Å². The normalized spacial score (nSPS) is 19.0. The van der Waals surface area contributed by atoms with Crippen LogP contribution in [0.3, 0.4) is 0 Å². The van der Waals surface area contributed by atoms with Gasteiger partial charge in [-0.15, -0.1) is 0 Å². The summed E-state index contributed by atoms with van der Waals surface area (Å²) < 4.78 is 19.4. The Kier molecular flexibility index (Phi) is 4.32. The van der Waals surface area contributed by atoms with Gasteiger partial charge in [0.25, 0.3) is 0 Å². The molecule has 21 heavy (non-hydrogen) atoms. The Hall–Kier alpha value is -1.71. The van der Waals surface area contributed by atoms with Crippen molar-refractivity contribution in [2.45, 2.75) is 31.5 Å². The van der Waals surface area contributed by atoms with Crippen molar-refractivity contribution in [3.8, 4) is 0 Å². The lowest BCUT2D eigenvalue weighted by molar-refractivity contribution is 0.00439. The lowest BCUT2D eigenvalue weighted by atomic mass is 9.92. The molecule has 3 rings (SSSR count). The first-order valence-electron chi connectivity index (χ1n) is 7.35. The van der Waals surface area contributed by atoms with Crippen molar-refractivity contribution in [3.63, 3.8) is 0 Å². The van der Waals surface area contributed by atoms with Crippen molar-refractivity contribution in [2.24, 2.45) is 0 Å². The number of aliphatic hydroxyl groups excluding tert-OH is 1. The van der Waals surface area contributed by atoms with Crippen LogP contribution in [0.4, 0.5) is 4.39 Å². The van der Waals surface area contributed by atoms with Gasteiger partial charge < -0.3 is 9.84 Å². The first-order chi connectivity index (χ1) is 10.2. The minimum absolute atomic E-state index is 0.100. The first kappa shape index (κ1) is 14.2. The third-order valence-corrected chi connectivity index (χ3v) is 3.99. The molecule has 0 aromatic heterocycles. The number of ether oxygens (including phenoxy) is 1. The minimum atomic E-state index is -0.613. The molecule has 0 fully saturated rings. The molecule has 1 heterocycles. The molecule has 0 aliphatic carbocycles. The summed E-state index contributed by atoms with van der Waals surface area (Å²) in [6, 6.07) is 14.8. The van der Waals surface area contributed by atoms with E-state index in [1.54, 1.807) is 18.2 Å². The number of halogens is 1. The zero-order valence-electron chi connectivity index (χ0n) is 11.8. The van der Waals surface area contributed by atoms with Crippen molar-refractivity contribution in [3.05, 3.63) is 71.0 Å². The highest BCUT2D eigenvalue weighted by Crippen LogP contribution is 2.31. The first-order valence-corrected chi connectivity index (χ1v) is 7.35. The van der Waals surface area contributed by atoms with Gasteiger partial charge in [0.1, 0.15) is 5.82 Å². The maximum absolute atomic E-state index is 13.6. The van der Waals surface area contributed by atoms with E-state index in [9.17, 15) is 9.50 Å². The molecule has 2 unspecified atom stereocenters. The topological polar surface area (TPSA) is 29.5 Å². The number of benzene rings is 2. The number of hydrogen-bond donors (Lipinski definition) is 1. The van der Waals surface area contributed by atoms with Crippen LogP contribution in [0.2, 0.25) is 0 Å². The molecule has 0 saturated heterocycles. The Morgan fingerprint density at radius 3 is 2.76 bits per heavy atom. The summed E-state index contributed by atoms with van der Waals surface area (Å²) in [5, 5.41) is 10.3. The molecule has 2 aromatic carbocycles. The van der Waals surface area contributed by atoms with Crippen LogP contribution < -0.4 is 0 Å². The Bertz CT molecular complexity index is 612. The molecule has 0 spiro atoms. The zero-order chi connectivity index (χ0) is 14.7. The molecule has 3 heteroatoms. The third-order valence-electron chi connectivity index (χ3n) is 3.99. The molecule has 1 aliphatic heterocycles. The average Bonchev–Trinajstić information content (AvgIpc) is 2.50. The zero-order valence-corrected chi connectivity index (χ0v) is 11.8. The SMILES string of the molecule is OC(Cc1ccccc1F)CC1OCCc2ccccc21. The van der Waals surface area contributed by atoms with Crippen molar-refractivity contribution in [2.75, 3.05) is 6.61 Å². The van der Waals surface area contributed by atoms with Crippen LogP contribution in [0.25, 0.3) is 0 Å². The average molecular weight is 286 g/mol. The van der Waals surface area contributed by atoms with E-state index in [0.29, 0.717) is 25.0 Å². The van der Waals surface area contributed by atoms with Gasteiger partial charge in [-0.2, -0.15) is 0 Å². The molecule has 0 bridgehead atoms. The minimum Gasteiger partial charge on any atom is -0.393 e. The summed E-state index contributed by atoms with van der Waals surface area (Å²) in [6.45, 7) is 0.675. The Morgan fingerprint density at radius 2 is 1.90 bits per heavy atom. The standard InChI is InChI=1S/C18H19FO2/c19-17-8-4-2-6-14(17)11-15(20)12-18-16-7-3-1-5-13(16)9-10-21-18/h1-8,15,18,20H,9-12H2. The second-order valence-electron chi connectivity index (χ2n) is 5.49. The van der Waals surface area contributed by atoms with E-state index in [-0.39, 0.29) is 11.9 Å². The van der Waals surface area contributed by atoms with Gasteiger partial charge in [-0.05, 0) is 29.2 Å². The predicted octanol–water partition coefficient (Wildman–Crippen LogP) is 3.43. The largest absolute Gasteiger partial charge is 0.393 e. The number of hydrogen-bond acceptors (Lipinski definition) is 2. The molecule has 0 radical (unpaired) electrons. The van der Waals surface area contributed by atoms with Crippen LogP contribution in [-0.2, 0) is 17.6 Å². The molecule has 1 aliphatic rings. The van der Waals surface area contributed by atoms with Gasteiger partial charge in [0.2, 0.25) is 0 Å². The van der Waals surface area contributed by atoms with Gasteiger partial charge in [-0.1, -0.05) is 42.5 Å². The molecular weight excluding hydrogens is 267 g/mol. The van der Waals surface area contributed by atoms with E-state index in [0.717, 1.165) is 12.0 Å². The summed E-state index contributed by atoms with van der Waals surface area (Å²) in [5.74, 6) is -0.262. The summed E-state index contributed by atoms with van der Waals surface area (Å²) in [5.41, 5.74) is 2.98.